The van der Waals surface area contributed by atoms with Gasteiger partial charge in [0.1, 0.15) is 5.69 Å². The molecule has 0 amide bonds. The Morgan fingerprint density at radius 1 is 1.56 bits per heavy atom. The fraction of sp³-hybridized carbons (Fsp3) is 0.143. The van der Waals surface area contributed by atoms with Gasteiger partial charge in [-0.3, -0.25) is 4.98 Å². The molecule has 0 atom stereocenters. The lowest BCUT2D eigenvalue weighted by molar-refractivity contribution is 1.11. The van der Waals surface area contributed by atoms with Gasteiger partial charge in [0, 0.05) is 6.20 Å². The molecule has 0 bridgehead atoms. The van der Waals surface area contributed by atoms with Gasteiger partial charge in [0.2, 0.25) is 0 Å². The van der Waals surface area contributed by atoms with Crippen molar-refractivity contribution in [3.8, 4) is 6.57 Å². The van der Waals surface area contributed by atoms with Crippen molar-refractivity contribution in [2.75, 3.05) is 0 Å². The smallest absolute Gasteiger partial charge is 0.253 e. The van der Waals surface area contributed by atoms with E-state index < -0.39 is 0 Å². The summed E-state index contributed by atoms with van der Waals surface area (Å²) in [7, 11) is 0. The van der Waals surface area contributed by atoms with Gasteiger partial charge in [-0.1, -0.05) is 10.9 Å². The Hall–Kier alpha value is -1.36. The zero-order chi connectivity index (χ0) is 6.53. The summed E-state index contributed by atoms with van der Waals surface area (Å²) in [6, 6.07) is 5.66. The van der Waals surface area contributed by atoms with Crippen LogP contribution in [-0.2, 0) is 6.54 Å². The number of rotatable bonds is 1. The Balaban J connectivity index is 2.76. The maximum Gasteiger partial charge on any atom is 0.304 e. The molecule has 2 nitrogen and oxygen atoms in total. The number of nitrogens with zero attached hydrogens (tertiary/aromatic N) is 2. The van der Waals surface area contributed by atoms with Gasteiger partial charge in [-0.25, -0.2) is 0 Å². The highest BCUT2D eigenvalue weighted by molar-refractivity contribution is 5.05. The van der Waals surface area contributed by atoms with Crippen LogP contribution < -0.4 is 0 Å². The maximum atomic E-state index is 4.95. The summed E-state index contributed by atoms with van der Waals surface area (Å²) < 4.78 is 0. The monoisotopic (exact) mass is 119 g/mol. The van der Waals surface area contributed by atoms with Crippen LogP contribution in [-0.4, -0.2) is 4.98 Å². The van der Waals surface area contributed by atoms with Gasteiger partial charge in [0.15, 0.2) is 0 Å². The van der Waals surface area contributed by atoms with Crippen LogP contribution in [0.5, 0.6) is 0 Å². The van der Waals surface area contributed by atoms with E-state index in [1.807, 2.05) is 18.2 Å². The maximum absolute atomic E-state index is 4.95. The van der Waals surface area contributed by atoms with Crippen LogP contribution in [0.15, 0.2) is 24.4 Å². The minimum Gasteiger partial charge on any atom is -0.253 e. The molecule has 0 radical (unpaired) electrons. The second-order valence-corrected chi connectivity index (χ2v) is 1.66. The van der Waals surface area contributed by atoms with Crippen molar-refractivity contribution in [3.63, 3.8) is 0 Å². The van der Waals surface area contributed by atoms with Crippen molar-refractivity contribution in [2.45, 2.75) is 6.54 Å². The van der Waals surface area contributed by atoms with Crippen LogP contribution in [0.4, 0.5) is 0 Å². The number of hydrogen-bond donors (Lipinski definition) is 0. The first-order valence-electron chi connectivity index (χ1n) is 2.70. The molecule has 1 rings (SSSR count). The number of hydrogen-bond acceptors (Lipinski definition) is 1. The van der Waals surface area contributed by atoms with Gasteiger partial charge >= 0.3 is 6.54 Å². The zero-order valence-corrected chi connectivity index (χ0v) is 4.99. The molecule has 0 unspecified atom stereocenters. The lowest BCUT2D eigenvalue weighted by atomic mass is 10.4. The summed E-state index contributed by atoms with van der Waals surface area (Å²) in [6.07, 6.45) is 1.72. The Morgan fingerprint density at radius 2 is 2.44 bits per heavy atom. The van der Waals surface area contributed by atoms with E-state index in [0.717, 1.165) is 5.69 Å². The molecular formula is C7H7N2+. The Kier molecular flexibility index (Phi) is 1.81. The van der Waals surface area contributed by atoms with Gasteiger partial charge in [0.25, 0.3) is 6.57 Å². The van der Waals surface area contributed by atoms with E-state index in [4.69, 9.17) is 6.57 Å². The van der Waals surface area contributed by atoms with E-state index in [1.54, 1.807) is 6.20 Å². The van der Waals surface area contributed by atoms with Crippen molar-refractivity contribution in [1.29, 1.82) is 0 Å². The van der Waals surface area contributed by atoms with Crippen LogP contribution in [0, 0.1) is 6.57 Å². The SMILES string of the molecule is C#[N+]Cc1ccccn1. The molecule has 9 heavy (non-hydrogen) atoms. The lowest BCUT2D eigenvalue weighted by Crippen LogP contribution is -1.81. The van der Waals surface area contributed by atoms with Gasteiger partial charge < -0.3 is 0 Å². The van der Waals surface area contributed by atoms with E-state index in [0.29, 0.717) is 6.54 Å². The van der Waals surface area contributed by atoms with Crippen LogP contribution in [0.25, 0.3) is 4.85 Å². The largest absolute Gasteiger partial charge is 0.304 e. The third-order valence-electron chi connectivity index (χ3n) is 0.979. The molecule has 1 heterocycles. The fourth-order valence-corrected chi connectivity index (χ4v) is 0.585. The Bertz CT molecular complexity index is 210. The normalized spacial score (nSPS) is 8.33. The van der Waals surface area contributed by atoms with E-state index >= 15 is 0 Å². The third kappa shape index (κ3) is 1.54. The second kappa shape index (κ2) is 2.83. The highest BCUT2D eigenvalue weighted by atomic mass is 14.7. The lowest BCUT2D eigenvalue weighted by Gasteiger charge is -1.82. The molecule has 0 saturated carbocycles. The van der Waals surface area contributed by atoms with Gasteiger partial charge in [-0.05, 0) is 12.1 Å². The van der Waals surface area contributed by atoms with Crippen molar-refractivity contribution < 1.29 is 0 Å². The fourth-order valence-electron chi connectivity index (χ4n) is 0.585. The summed E-state index contributed by atoms with van der Waals surface area (Å²) in [6.45, 7) is 5.45. The minimum atomic E-state index is 0.501. The summed E-state index contributed by atoms with van der Waals surface area (Å²) in [4.78, 5) is 7.44. The molecular weight excluding hydrogens is 112 g/mol. The predicted octanol–water partition coefficient (Wildman–Crippen LogP) is 1.54. The molecule has 0 aliphatic carbocycles. The van der Waals surface area contributed by atoms with E-state index in [-0.39, 0.29) is 0 Å². The first-order chi connectivity index (χ1) is 4.43. The molecule has 1 aromatic heterocycles. The molecule has 0 fully saturated rings. The minimum absolute atomic E-state index is 0.501. The first-order valence-corrected chi connectivity index (χ1v) is 2.70. The molecule has 1 aromatic rings. The van der Waals surface area contributed by atoms with Crippen LogP contribution in [0.2, 0.25) is 0 Å². The van der Waals surface area contributed by atoms with Crippen LogP contribution in [0.3, 0.4) is 0 Å². The van der Waals surface area contributed by atoms with Crippen molar-refractivity contribution in [3.05, 3.63) is 34.9 Å². The second-order valence-electron chi connectivity index (χ2n) is 1.66. The zero-order valence-electron chi connectivity index (χ0n) is 4.99. The summed E-state index contributed by atoms with van der Waals surface area (Å²) >= 11 is 0. The van der Waals surface area contributed by atoms with Crippen LogP contribution in [0.1, 0.15) is 5.69 Å². The van der Waals surface area contributed by atoms with Gasteiger partial charge in [-0.2, -0.15) is 0 Å². The average molecular weight is 119 g/mol. The van der Waals surface area contributed by atoms with Crippen molar-refractivity contribution in [2.24, 2.45) is 0 Å². The third-order valence-corrected chi connectivity index (χ3v) is 0.979. The summed E-state index contributed by atoms with van der Waals surface area (Å²) in [5, 5.41) is 0. The van der Waals surface area contributed by atoms with E-state index in [1.165, 1.54) is 0 Å². The average Bonchev–Trinajstić information content (AvgIpc) is 1.91. The molecule has 44 valence electrons. The standard InChI is InChI=1S/C7H7N2/c1-8-6-7-4-2-3-5-9-7/h1-5H,6H2/q+1. The highest BCUT2D eigenvalue weighted by Crippen LogP contribution is 1.93. The van der Waals surface area contributed by atoms with E-state index in [9.17, 15) is 0 Å². The highest BCUT2D eigenvalue weighted by Gasteiger charge is 1.93. The molecule has 2 heteroatoms. The van der Waals surface area contributed by atoms with E-state index in [2.05, 4.69) is 9.83 Å². The molecule has 0 spiro atoms. The van der Waals surface area contributed by atoms with Gasteiger partial charge in [0.05, 0.1) is 0 Å². The van der Waals surface area contributed by atoms with Crippen LogP contribution >= 0.6 is 0 Å². The predicted molar refractivity (Wildman–Crippen MR) is 36.2 cm³/mol. The van der Waals surface area contributed by atoms with Crippen molar-refractivity contribution >= 4 is 0 Å². The summed E-state index contributed by atoms with van der Waals surface area (Å²) in [5.74, 6) is 0. The Labute approximate surface area is 54.0 Å². The topological polar surface area (TPSA) is 17.2 Å². The molecule has 0 aliphatic rings. The Morgan fingerprint density at radius 3 is 3.00 bits per heavy atom. The molecule has 0 aromatic carbocycles. The molecule has 0 aliphatic heterocycles. The summed E-state index contributed by atoms with van der Waals surface area (Å²) in [5.41, 5.74) is 0.903. The van der Waals surface area contributed by atoms with Crippen molar-refractivity contribution in [1.82, 2.24) is 4.98 Å². The number of pyridine rings is 1. The quantitative estimate of drug-likeness (QED) is 0.548. The number of aromatic nitrogens is 1. The first kappa shape index (κ1) is 5.77. The van der Waals surface area contributed by atoms with Gasteiger partial charge in [-0.15, -0.1) is 0 Å². The molecule has 0 N–H and O–H groups in total. The molecule has 0 saturated heterocycles.